The molecule has 5 heteroatoms. The van der Waals surface area contributed by atoms with E-state index in [1.54, 1.807) is 19.3 Å². The number of rotatable bonds is 2. The van der Waals surface area contributed by atoms with Crippen LogP contribution in [-0.2, 0) is 0 Å². The summed E-state index contributed by atoms with van der Waals surface area (Å²) in [6.45, 7) is 0. The van der Waals surface area contributed by atoms with Crippen molar-refractivity contribution in [2.24, 2.45) is 0 Å². The Labute approximate surface area is 86.5 Å². The number of carbonyl (C=O) groups is 1. The van der Waals surface area contributed by atoms with Crippen LogP contribution in [0.5, 0.6) is 0 Å². The molecule has 0 bridgehead atoms. The van der Waals surface area contributed by atoms with Crippen LogP contribution in [-0.4, -0.2) is 22.9 Å². The molecule has 0 atom stereocenters. The number of amides is 1. The number of carbonyl (C=O) groups excluding carboxylic acids is 1. The molecule has 0 saturated heterocycles. The molecule has 0 aromatic carbocycles. The van der Waals surface area contributed by atoms with Crippen LogP contribution in [0.3, 0.4) is 0 Å². The Kier molecular flexibility index (Phi) is 2.55. The molecule has 0 unspecified atom stereocenters. The van der Waals surface area contributed by atoms with Crippen LogP contribution in [0.15, 0.2) is 30.6 Å². The lowest BCUT2D eigenvalue weighted by molar-refractivity contribution is 0.0938. The Morgan fingerprint density at radius 2 is 2.27 bits per heavy atom. The number of hydrogen-bond acceptors (Lipinski definition) is 4. The second kappa shape index (κ2) is 4.02. The average Bonchev–Trinajstić information content (AvgIpc) is 2.29. The SMILES string of the molecule is CNNC(=O)c1cnc2ncccc2c1. The van der Waals surface area contributed by atoms with E-state index in [0.717, 1.165) is 5.39 Å². The highest BCUT2D eigenvalue weighted by molar-refractivity contribution is 5.96. The van der Waals surface area contributed by atoms with Gasteiger partial charge in [0.25, 0.3) is 5.91 Å². The van der Waals surface area contributed by atoms with Gasteiger partial charge in [-0.25, -0.2) is 15.4 Å². The molecule has 0 saturated carbocycles. The topological polar surface area (TPSA) is 66.9 Å². The van der Waals surface area contributed by atoms with Crippen LogP contribution in [0.4, 0.5) is 0 Å². The van der Waals surface area contributed by atoms with Crippen molar-refractivity contribution in [1.82, 2.24) is 20.8 Å². The fourth-order valence-electron chi connectivity index (χ4n) is 1.28. The summed E-state index contributed by atoms with van der Waals surface area (Å²) in [5.74, 6) is -0.212. The van der Waals surface area contributed by atoms with Gasteiger partial charge in [-0.15, -0.1) is 0 Å². The molecule has 2 aromatic heterocycles. The highest BCUT2D eigenvalue weighted by Gasteiger charge is 2.05. The van der Waals surface area contributed by atoms with Crippen LogP contribution in [0, 0.1) is 0 Å². The summed E-state index contributed by atoms with van der Waals surface area (Å²) >= 11 is 0. The van der Waals surface area contributed by atoms with Crippen LogP contribution in [0.2, 0.25) is 0 Å². The second-order valence-electron chi connectivity index (χ2n) is 2.98. The molecule has 1 amide bonds. The molecule has 2 N–H and O–H groups in total. The minimum Gasteiger partial charge on any atom is -0.288 e. The van der Waals surface area contributed by atoms with Crippen molar-refractivity contribution in [1.29, 1.82) is 0 Å². The fourth-order valence-corrected chi connectivity index (χ4v) is 1.28. The van der Waals surface area contributed by atoms with E-state index in [4.69, 9.17) is 0 Å². The first kappa shape index (κ1) is 9.54. The molecular formula is C10H10N4O. The summed E-state index contributed by atoms with van der Waals surface area (Å²) in [7, 11) is 1.63. The first-order chi connectivity index (χ1) is 7.31. The van der Waals surface area contributed by atoms with Crippen molar-refractivity contribution < 1.29 is 4.79 Å². The first-order valence-corrected chi connectivity index (χ1v) is 4.49. The molecule has 0 aliphatic carbocycles. The maximum atomic E-state index is 11.5. The van der Waals surface area contributed by atoms with Gasteiger partial charge in [0.15, 0.2) is 5.65 Å². The van der Waals surface area contributed by atoms with Gasteiger partial charge in [0.2, 0.25) is 0 Å². The fraction of sp³-hybridized carbons (Fsp3) is 0.100. The summed E-state index contributed by atoms with van der Waals surface area (Å²) in [5, 5.41) is 0.848. The number of pyridine rings is 2. The lowest BCUT2D eigenvalue weighted by atomic mass is 10.2. The molecule has 0 aliphatic rings. The third kappa shape index (κ3) is 1.92. The number of hydrazine groups is 1. The Morgan fingerprint density at radius 3 is 3.07 bits per heavy atom. The quantitative estimate of drug-likeness (QED) is 0.696. The third-order valence-corrected chi connectivity index (χ3v) is 1.95. The molecule has 0 spiro atoms. The zero-order chi connectivity index (χ0) is 10.7. The van der Waals surface area contributed by atoms with Crippen molar-refractivity contribution >= 4 is 16.9 Å². The van der Waals surface area contributed by atoms with E-state index in [2.05, 4.69) is 20.8 Å². The largest absolute Gasteiger partial charge is 0.288 e. The summed E-state index contributed by atoms with van der Waals surface area (Å²) in [4.78, 5) is 19.6. The van der Waals surface area contributed by atoms with Gasteiger partial charge >= 0.3 is 0 Å². The van der Waals surface area contributed by atoms with Gasteiger partial charge in [-0.1, -0.05) is 0 Å². The smallest absolute Gasteiger partial charge is 0.266 e. The maximum Gasteiger partial charge on any atom is 0.266 e. The minimum atomic E-state index is -0.212. The first-order valence-electron chi connectivity index (χ1n) is 4.49. The Hall–Kier alpha value is -2.01. The summed E-state index contributed by atoms with van der Waals surface area (Å²) < 4.78 is 0. The van der Waals surface area contributed by atoms with E-state index in [1.807, 2.05) is 12.1 Å². The van der Waals surface area contributed by atoms with Crippen LogP contribution < -0.4 is 10.9 Å². The van der Waals surface area contributed by atoms with Crippen molar-refractivity contribution in [3.63, 3.8) is 0 Å². The summed E-state index contributed by atoms with van der Waals surface area (Å²) in [5.41, 5.74) is 6.19. The monoisotopic (exact) mass is 202 g/mol. The number of nitrogens with zero attached hydrogens (tertiary/aromatic N) is 2. The van der Waals surface area contributed by atoms with E-state index < -0.39 is 0 Å². The molecule has 0 radical (unpaired) electrons. The minimum absolute atomic E-state index is 0.212. The predicted octanol–water partition coefficient (Wildman–Crippen LogP) is 0.494. The molecule has 2 rings (SSSR count). The standard InChI is InChI=1S/C10H10N4O/c1-11-14-10(15)8-5-7-3-2-4-12-9(7)13-6-8/h2-6,11H,1H3,(H,14,15). The Bertz CT molecular complexity index is 498. The van der Waals surface area contributed by atoms with Gasteiger partial charge in [-0.2, -0.15) is 0 Å². The third-order valence-electron chi connectivity index (χ3n) is 1.95. The van der Waals surface area contributed by atoms with Gasteiger partial charge in [-0.05, 0) is 18.2 Å². The molecule has 2 aromatic rings. The summed E-state index contributed by atoms with van der Waals surface area (Å²) in [6, 6.07) is 5.43. The van der Waals surface area contributed by atoms with Gasteiger partial charge in [0, 0.05) is 24.8 Å². The number of aromatic nitrogens is 2. The van der Waals surface area contributed by atoms with Crippen molar-refractivity contribution in [2.75, 3.05) is 7.05 Å². The van der Waals surface area contributed by atoms with Crippen LogP contribution in [0.1, 0.15) is 10.4 Å². The predicted molar refractivity (Wildman–Crippen MR) is 56.1 cm³/mol. The lowest BCUT2D eigenvalue weighted by Crippen LogP contribution is -2.34. The van der Waals surface area contributed by atoms with Crippen molar-refractivity contribution in [3.05, 3.63) is 36.2 Å². The van der Waals surface area contributed by atoms with E-state index in [-0.39, 0.29) is 5.91 Å². The number of hydrogen-bond donors (Lipinski definition) is 2. The second-order valence-corrected chi connectivity index (χ2v) is 2.98. The van der Waals surface area contributed by atoms with Crippen LogP contribution >= 0.6 is 0 Å². The average molecular weight is 202 g/mol. The van der Waals surface area contributed by atoms with E-state index in [9.17, 15) is 4.79 Å². The van der Waals surface area contributed by atoms with Crippen LogP contribution in [0.25, 0.3) is 11.0 Å². The molecule has 2 heterocycles. The van der Waals surface area contributed by atoms with Gasteiger partial charge in [0.05, 0.1) is 5.56 Å². The van der Waals surface area contributed by atoms with E-state index in [0.29, 0.717) is 11.2 Å². The molecule has 76 valence electrons. The Morgan fingerprint density at radius 1 is 1.40 bits per heavy atom. The van der Waals surface area contributed by atoms with Gasteiger partial charge in [0.1, 0.15) is 0 Å². The lowest BCUT2D eigenvalue weighted by Gasteiger charge is -2.03. The van der Waals surface area contributed by atoms with Crippen molar-refractivity contribution in [2.45, 2.75) is 0 Å². The van der Waals surface area contributed by atoms with E-state index in [1.165, 1.54) is 6.20 Å². The van der Waals surface area contributed by atoms with Crippen molar-refractivity contribution in [3.8, 4) is 0 Å². The molecule has 15 heavy (non-hydrogen) atoms. The summed E-state index contributed by atoms with van der Waals surface area (Å²) in [6.07, 6.45) is 3.17. The highest BCUT2D eigenvalue weighted by Crippen LogP contribution is 2.09. The zero-order valence-corrected chi connectivity index (χ0v) is 8.19. The highest BCUT2D eigenvalue weighted by atomic mass is 16.2. The normalized spacial score (nSPS) is 10.2. The Balaban J connectivity index is 2.42. The zero-order valence-electron chi connectivity index (χ0n) is 8.19. The molecule has 0 fully saturated rings. The molecule has 5 nitrogen and oxygen atoms in total. The number of nitrogens with one attached hydrogen (secondary N) is 2. The maximum absolute atomic E-state index is 11.5. The van der Waals surface area contributed by atoms with Gasteiger partial charge < -0.3 is 0 Å². The molecule has 0 aliphatic heterocycles. The number of fused-ring (bicyclic) bond motifs is 1. The van der Waals surface area contributed by atoms with E-state index >= 15 is 0 Å². The molecular weight excluding hydrogens is 192 g/mol. The van der Waals surface area contributed by atoms with Gasteiger partial charge in [-0.3, -0.25) is 10.2 Å².